The summed E-state index contributed by atoms with van der Waals surface area (Å²) < 4.78 is 0. The number of carboxylic acid groups (broad SMARTS) is 1. The fraction of sp³-hybridized carbons (Fsp3) is 0.0250. The van der Waals surface area contributed by atoms with Crippen molar-refractivity contribution in [3.63, 3.8) is 0 Å². The van der Waals surface area contributed by atoms with Crippen molar-refractivity contribution in [3.8, 4) is 0 Å². The van der Waals surface area contributed by atoms with Crippen molar-refractivity contribution in [2.24, 2.45) is 0 Å². The van der Waals surface area contributed by atoms with Gasteiger partial charge in [-0.15, -0.1) is 0 Å². The molecule has 0 unspecified atom stereocenters. The minimum Gasteiger partial charge on any atom is -0.481 e. The first kappa shape index (κ1) is 43.0. The molecule has 0 saturated heterocycles. The second kappa shape index (κ2) is 24.2. The van der Waals surface area contributed by atoms with Gasteiger partial charge < -0.3 is 20.0 Å². The molecule has 0 aromatic heterocycles. The van der Waals surface area contributed by atoms with Gasteiger partial charge in [-0.1, -0.05) is 109 Å². The molecule has 6 rings (SSSR count). The Balaban J connectivity index is 0.000000732. The number of aliphatic carboxylic acids is 1. The maximum absolute atomic E-state index is 9.00. The Morgan fingerprint density at radius 2 is 0.500 bits per heavy atom. The van der Waals surface area contributed by atoms with E-state index in [1.54, 1.807) is 0 Å². The van der Waals surface area contributed by atoms with Gasteiger partial charge in [0.2, 0.25) is 0 Å². The van der Waals surface area contributed by atoms with Crippen molar-refractivity contribution in [1.82, 2.24) is 0 Å². The maximum atomic E-state index is 9.00. The molecule has 0 heterocycles. The summed E-state index contributed by atoms with van der Waals surface area (Å²) in [6.45, 7) is 1.08. The summed E-state index contributed by atoms with van der Waals surface area (Å²) in [7, 11) is -1.75. The van der Waals surface area contributed by atoms with Gasteiger partial charge in [0.15, 0.2) is 0 Å². The van der Waals surface area contributed by atoms with Gasteiger partial charge in [0, 0.05) is 27.3 Å². The molecular formula is C40H42O2P2Pd2+2. The van der Waals surface area contributed by atoms with Crippen LogP contribution in [0.1, 0.15) is 6.92 Å². The van der Waals surface area contributed by atoms with E-state index >= 15 is 0 Å². The van der Waals surface area contributed by atoms with Crippen LogP contribution < -0.4 is 31.8 Å². The fourth-order valence-electron chi connectivity index (χ4n) is 4.63. The summed E-state index contributed by atoms with van der Waals surface area (Å²) in [6, 6.07) is 65.0. The van der Waals surface area contributed by atoms with Crippen LogP contribution in [0.2, 0.25) is 0 Å². The van der Waals surface area contributed by atoms with Gasteiger partial charge in [-0.3, -0.25) is 4.79 Å². The molecule has 46 heavy (non-hydrogen) atoms. The average Bonchev–Trinajstić information content (AvgIpc) is 3.05. The van der Waals surface area contributed by atoms with Crippen LogP contribution >= 0.6 is 15.8 Å². The smallest absolute Gasteiger partial charge is 0.481 e. The number of hydrogen-bond acceptors (Lipinski definition) is 1. The fourth-order valence-corrected chi connectivity index (χ4v) is 9.78. The van der Waals surface area contributed by atoms with Gasteiger partial charge in [0.05, 0.1) is 15.8 Å². The molecule has 0 fully saturated rings. The zero-order valence-electron chi connectivity index (χ0n) is 26.3. The molecule has 1 N–H and O–H groups in total. The molecule has 242 valence electrons. The molecule has 0 saturated carbocycles. The molecule has 6 heteroatoms. The van der Waals surface area contributed by atoms with Crippen LogP contribution in [-0.2, 0) is 45.6 Å². The number of rotatable bonds is 6. The second-order valence-electron chi connectivity index (χ2n) is 9.47. The van der Waals surface area contributed by atoms with E-state index in [2.05, 4.69) is 182 Å². The van der Waals surface area contributed by atoms with Crippen molar-refractivity contribution >= 4 is 53.6 Å². The molecule has 0 atom stereocenters. The van der Waals surface area contributed by atoms with Gasteiger partial charge in [-0.05, 0) is 72.8 Å². The molecule has 0 aliphatic heterocycles. The minimum absolute atomic E-state index is 0. The summed E-state index contributed by atoms with van der Waals surface area (Å²) in [5, 5.41) is 16.0. The van der Waals surface area contributed by atoms with Gasteiger partial charge in [0.25, 0.3) is 5.97 Å². The van der Waals surface area contributed by atoms with Crippen molar-refractivity contribution in [2.45, 2.75) is 6.92 Å². The minimum atomic E-state index is -0.877. The third-order valence-corrected chi connectivity index (χ3v) is 11.8. The first-order chi connectivity index (χ1) is 20.6. The topological polar surface area (TPSA) is 37.3 Å². The Hall–Kier alpha value is -3.03. The van der Waals surface area contributed by atoms with E-state index in [-0.39, 0.29) is 55.7 Å². The third kappa shape index (κ3) is 13.8. The van der Waals surface area contributed by atoms with Crippen LogP contribution in [0.15, 0.2) is 182 Å². The predicted octanol–water partition coefficient (Wildman–Crippen LogP) is 7.34. The molecule has 0 amide bonds. The van der Waals surface area contributed by atoms with Crippen molar-refractivity contribution in [3.05, 3.63) is 197 Å². The van der Waals surface area contributed by atoms with Crippen molar-refractivity contribution in [2.75, 3.05) is 0 Å². The molecule has 6 aromatic carbocycles. The standard InChI is InChI=1S/2C18H15P.C2H4O2.2CH3.2Pd/c2*1-4-10-16(11-5-1)19(17-12-6-2-7-13-17)18-14-8-3-9-15-18;1-2(3)4;;;;/h2*1-15H;1H3,(H,3,4);2*1H3;;/q;;;2*-1;;+2/p+2. The van der Waals surface area contributed by atoms with Crippen molar-refractivity contribution < 1.29 is 50.7 Å². The number of benzene rings is 6. The molecular weight excluding hydrogens is 787 g/mol. The number of carboxylic acids is 1. The molecule has 0 aliphatic carbocycles. The molecule has 2 nitrogen and oxygen atoms in total. The van der Waals surface area contributed by atoms with Crippen LogP contribution in [-0.4, -0.2) is 11.1 Å². The summed E-state index contributed by atoms with van der Waals surface area (Å²) in [5.41, 5.74) is 0. The number of hydrogen-bond donors (Lipinski definition) is 1. The first-order valence-electron chi connectivity index (χ1n) is 13.9. The van der Waals surface area contributed by atoms with Crippen LogP contribution in [0.4, 0.5) is 0 Å². The van der Waals surface area contributed by atoms with Crippen LogP contribution in [0.25, 0.3) is 0 Å². The van der Waals surface area contributed by atoms with E-state index in [0.717, 1.165) is 6.92 Å². The Labute approximate surface area is 306 Å². The maximum Gasteiger partial charge on any atom is 2.00 e. The second-order valence-corrected chi connectivity index (χ2v) is 14.4. The zero-order chi connectivity index (χ0) is 29.4. The van der Waals surface area contributed by atoms with Gasteiger partial charge in [0.1, 0.15) is 31.8 Å². The largest absolute Gasteiger partial charge is 2.00 e. The molecule has 0 radical (unpaired) electrons. The van der Waals surface area contributed by atoms with Crippen LogP contribution in [0.3, 0.4) is 0 Å². The Kier molecular flexibility index (Phi) is 22.6. The molecule has 0 spiro atoms. The summed E-state index contributed by atoms with van der Waals surface area (Å²) >= 11 is 0. The Morgan fingerprint density at radius 3 is 0.609 bits per heavy atom. The van der Waals surface area contributed by atoms with Gasteiger partial charge in [-0.2, -0.15) is 0 Å². The van der Waals surface area contributed by atoms with Crippen LogP contribution in [0.5, 0.6) is 0 Å². The third-order valence-electron chi connectivity index (χ3n) is 6.37. The SMILES string of the molecule is CC(=O)O.[CH3-].[CH3-].[Pd+2].[Pd].c1ccc([PH+](c2ccccc2)c2ccccc2)cc1.c1ccc([PH+](c2ccccc2)c2ccccc2)cc1. The predicted molar refractivity (Wildman–Crippen MR) is 199 cm³/mol. The quantitative estimate of drug-likeness (QED) is 0.109. The summed E-state index contributed by atoms with van der Waals surface area (Å²) in [4.78, 5) is 9.00. The van der Waals surface area contributed by atoms with Gasteiger partial charge >= 0.3 is 20.4 Å². The molecule has 6 aromatic rings. The van der Waals surface area contributed by atoms with Crippen molar-refractivity contribution in [1.29, 1.82) is 0 Å². The van der Waals surface area contributed by atoms with Crippen LogP contribution in [0, 0.1) is 14.9 Å². The molecule has 0 aliphatic rings. The number of carbonyl (C=O) groups is 1. The van der Waals surface area contributed by atoms with E-state index in [9.17, 15) is 0 Å². The summed E-state index contributed by atoms with van der Waals surface area (Å²) in [6.07, 6.45) is 0. The zero-order valence-corrected chi connectivity index (χ0v) is 31.4. The Bertz CT molecular complexity index is 1280. The van der Waals surface area contributed by atoms with E-state index in [1.807, 2.05) is 0 Å². The van der Waals surface area contributed by atoms with E-state index in [4.69, 9.17) is 9.90 Å². The Morgan fingerprint density at radius 1 is 0.391 bits per heavy atom. The normalized spacial score (nSPS) is 9.28. The van der Waals surface area contributed by atoms with Gasteiger partial charge in [-0.25, -0.2) is 0 Å². The van der Waals surface area contributed by atoms with E-state index in [0.29, 0.717) is 0 Å². The summed E-state index contributed by atoms with van der Waals surface area (Å²) in [5.74, 6) is -0.833. The van der Waals surface area contributed by atoms with E-state index in [1.165, 1.54) is 31.8 Å². The monoisotopic (exact) mass is 828 g/mol. The van der Waals surface area contributed by atoms with E-state index < -0.39 is 21.8 Å². The molecule has 0 bridgehead atoms. The average molecular weight is 830 g/mol. The first-order valence-corrected chi connectivity index (χ1v) is 16.9.